The first-order valence-electron chi connectivity index (χ1n) is 4.56. The Morgan fingerprint density at radius 3 is 3.23 bits per heavy atom. The summed E-state index contributed by atoms with van der Waals surface area (Å²) in [6.07, 6.45) is 3.97. The van der Waals surface area contributed by atoms with Gasteiger partial charge in [0.15, 0.2) is 0 Å². The van der Waals surface area contributed by atoms with Gasteiger partial charge in [-0.25, -0.2) is 9.97 Å². The third-order valence-electron chi connectivity index (χ3n) is 2.27. The van der Waals surface area contributed by atoms with Gasteiger partial charge in [0, 0.05) is 6.20 Å². The molecule has 0 amide bonds. The molecule has 0 aromatic carbocycles. The monoisotopic (exact) mass is 179 g/mol. The van der Waals surface area contributed by atoms with Crippen molar-refractivity contribution in [3.8, 4) is 0 Å². The zero-order valence-corrected chi connectivity index (χ0v) is 7.40. The maximum Gasteiger partial charge on any atom is 0.145 e. The van der Waals surface area contributed by atoms with Gasteiger partial charge in [0.2, 0.25) is 0 Å². The number of nitrogens with one attached hydrogen (secondary N) is 1. The summed E-state index contributed by atoms with van der Waals surface area (Å²) in [5.41, 5.74) is 0.693. The Balaban J connectivity index is 2.18. The molecule has 0 radical (unpaired) electrons. The quantitative estimate of drug-likeness (QED) is 0.689. The lowest BCUT2D eigenvalue weighted by atomic mass is 10.2. The number of aliphatic hydroxyl groups excluding tert-OH is 1. The Morgan fingerprint density at radius 1 is 1.62 bits per heavy atom. The summed E-state index contributed by atoms with van der Waals surface area (Å²) in [7, 11) is 0. The van der Waals surface area contributed by atoms with Crippen molar-refractivity contribution >= 4 is 0 Å². The number of rotatable bonds is 2. The van der Waals surface area contributed by atoms with Crippen LogP contribution in [0.15, 0.2) is 12.3 Å². The lowest BCUT2D eigenvalue weighted by Gasteiger charge is -2.08. The van der Waals surface area contributed by atoms with E-state index in [-0.39, 0.29) is 12.6 Å². The average Bonchev–Trinajstić information content (AvgIpc) is 2.71. The number of nitrogens with zero attached hydrogens (tertiary/aromatic N) is 2. The Morgan fingerprint density at radius 2 is 2.54 bits per heavy atom. The van der Waals surface area contributed by atoms with Crippen LogP contribution in [0.3, 0.4) is 0 Å². The van der Waals surface area contributed by atoms with E-state index >= 15 is 0 Å². The molecule has 1 saturated heterocycles. The molecule has 1 aromatic rings. The number of aliphatic hydroxyl groups is 1. The van der Waals surface area contributed by atoms with Crippen LogP contribution in [0.5, 0.6) is 0 Å². The fourth-order valence-electron chi connectivity index (χ4n) is 1.57. The number of aromatic nitrogens is 2. The second-order valence-electron chi connectivity index (χ2n) is 3.21. The molecule has 4 heteroatoms. The van der Waals surface area contributed by atoms with E-state index in [1.54, 1.807) is 12.3 Å². The smallest absolute Gasteiger partial charge is 0.145 e. The fourth-order valence-corrected chi connectivity index (χ4v) is 1.57. The van der Waals surface area contributed by atoms with Gasteiger partial charge in [-0.05, 0) is 25.5 Å². The van der Waals surface area contributed by atoms with Crippen LogP contribution in [0.4, 0.5) is 0 Å². The van der Waals surface area contributed by atoms with E-state index in [9.17, 15) is 0 Å². The SMILES string of the molecule is OCc1ccnc([C@H]2CCCN2)n1. The van der Waals surface area contributed by atoms with Crippen molar-refractivity contribution < 1.29 is 5.11 Å². The maximum atomic E-state index is 8.89. The van der Waals surface area contributed by atoms with Gasteiger partial charge < -0.3 is 10.4 Å². The Labute approximate surface area is 77.0 Å². The van der Waals surface area contributed by atoms with Gasteiger partial charge in [-0.2, -0.15) is 0 Å². The summed E-state index contributed by atoms with van der Waals surface area (Å²) < 4.78 is 0. The van der Waals surface area contributed by atoms with E-state index in [4.69, 9.17) is 5.11 Å². The van der Waals surface area contributed by atoms with Crippen molar-refractivity contribution in [1.82, 2.24) is 15.3 Å². The van der Waals surface area contributed by atoms with Crippen molar-refractivity contribution in [3.05, 3.63) is 23.8 Å². The Bertz CT molecular complexity index is 284. The zero-order valence-electron chi connectivity index (χ0n) is 7.40. The van der Waals surface area contributed by atoms with Crippen LogP contribution >= 0.6 is 0 Å². The molecule has 0 bridgehead atoms. The van der Waals surface area contributed by atoms with Gasteiger partial charge in [0.1, 0.15) is 5.82 Å². The lowest BCUT2D eigenvalue weighted by Crippen LogP contribution is -2.16. The van der Waals surface area contributed by atoms with Gasteiger partial charge >= 0.3 is 0 Å². The van der Waals surface area contributed by atoms with Crippen LogP contribution in [0, 0.1) is 0 Å². The van der Waals surface area contributed by atoms with Crippen LogP contribution in [0.25, 0.3) is 0 Å². The average molecular weight is 179 g/mol. The molecule has 1 aliphatic heterocycles. The van der Waals surface area contributed by atoms with E-state index < -0.39 is 0 Å². The Kier molecular flexibility index (Phi) is 2.52. The highest BCUT2D eigenvalue weighted by molar-refractivity contribution is 5.05. The van der Waals surface area contributed by atoms with Gasteiger partial charge in [0.05, 0.1) is 18.3 Å². The summed E-state index contributed by atoms with van der Waals surface area (Å²) in [6.45, 7) is 1.03. The predicted octanol–water partition coefficient (Wildman–Crippen LogP) is 0.393. The van der Waals surface area contributed by atoms with E-state index in [0.717, 1.165) is 18.8 Å². The molecule has 13 heavy (non-hydrogen) atoms. The van der Waals surface area contributed by atoms with Crippen molar-refractivity contribution in [2.75, 3.05) is 6.54 Å². The lowest BCUT2D eigenvalue weighted by molar-refractivity contribution is 0.276. The topological polar surface area (TPSA) is 58.0 Å². The van der Waals surface area contributed by atoms with Crippen molar-refractivity contribution in [1.29, 1.82) is 0 Å². The highest BCUT2D eigenvalue weighted by atomic mass is 16.3. The molecule has 2 rings (SSSR count). The van der Waals surface area contributed by atoms with Gasteiger partial charge in [0.25, 0.3) is 0 Å². The highest BCUT2D eigenvalue weighted by Gasteiger charge is 2.18. The van der Waals surface area contributed by atoms with E-state index in [0.29, 0.717) is 5.69 Å². The van der Waals surface area contributed by atoms with Crippen molar-refractivity contribution in [2.45, 2.75) is 25.5 Å². The molecule has 0 spiro atoms. The summed E-state index contributed by atoms with van der Waals surface area (Å²) in [6, 6.07) is 2.02. The first-order valence-corrected chi connectivity index (χ1v) is 4.56. The number of hydrogen-bond donors (Lipinski definition) is 2. The highest BCUT2D eigenvalue weighted by Crippen LogP contribution is 2.19. The molecular formula is C9H13N3O. The van der Waals surface area contributed by atoms with Gasteiger partial charge in [-0.1, -0.05) is 0 Å². The standard InChI is InChI=1S/C9H13N3O/c13-6-7-3-5-11-9(12-7)8-2-1-4-10-8/h3,5,8,10,13H,1-2,4,6H2/t8-/m1/s1. The van der Waals surface area contributed by atoms with E-state index in [2.05, 4.69) is 15.3 Å². The van der Waals surface area contributed by atoms with Crippen molar-refractivity contribution in [2.24, 2.45) is 0 Å². The molecule has 1 fully saturated rings. The van der Waals surface area contributed by atoms with Crippen LogP contribution < -0.4 is 5.32 Å². The number of hydrogen-bond acceptors (Lipinski definition) is 4. The van der Waals surface area contributed by atoms with E-state index in [1.165, 1.54) is 6.42 Å². The van der Waals surface area contributed by atoms with Crippen LogP contribution in [0.1, 0.15) is 30.4 Å². The summed E-state index contributed by atoms with van der Waals surface area (Å²) in [5, 5.41) is 12.2. The van der Waals surface area contributed by atoms with Gasteiger partial charge in [-0.3, -0.25) is 0 Å². The molecule has 1 aromatic heterocycles. The fraction of sp³-hybridized carbons (Fsp3) is 0.556. The molecule has 4 nitrogen and oxygen atoms in total. The third kappa shape index (κ3) is 1.84. The molecule has 1 aliphatic rings. The summed E-state index contributed by atoms with van der Waals surface area (Å²) in [4.78, 5) is 8.43. The molecule has 0 aliphatic carbocycles. The molecule has 2 heterocycles. The first-order chi connectivity index (χ1) is 6.40. The van der Waals surface area contributed by atoms with Crippen LogP contribution in [-0.4, -0.2) is 21.6 Å². The maximum absolute atomic E-state index is 8.89. The molecular weight excluding hydrogens is 166 g/mol. The molecule has 0 saturated carbocycles. The zero-order chi connectivity index (χ0) is 9.10. The predicted molar refractivity (Wildman–Crippen MR) is 47.9 cm³/mol. The molecule has 0 unspecified atom stereocenters. The van der Waals surface area contributed by atoms with Gasteiger partial charge in [-0.15, -0.1) is 0 Å². The molecule has 70 valence electrons. The van der Waals surface area contributed by atoms with Crippen LogP contribution in [-0.2, 0) is 6.61 Å². The minimum Gasteiger partial charge on any atom is -0.390 e. The normalized spacial score (nSPS) is 22.1. The largest absolute Gasteiger partial charge is 0.390 e. The summed E-state index contributed by atoms with van der Waals surface area (Å²) >= 11 is 0. The second-order valence-corrected chi connectivity index (χ2v) is 3.21. The second kappa shape index (κ2) is 3.81. The Hall–Kier alpha value is -1.00. The van der Waals surface area contributed by atoms with Crippen molar-refractivity contribution in [3.63, 3.8) is 0 Å². The molecule has 1 atom stereocenters. The third-order valence-corrected chi connectivity index (χ3v) is 2.27. The minimum absolute atomic E-state index is 0.0117. The van der Waals surface area contributed by atoms with Crippen LogP contribution in [0.2, 0.25) is 0 Å². The molecule has 2 N–H and O–H groups in total. The first kappa shape index (κ1) is 8.59. The van der Waals surface area contributed by atoms with E-state index in [1.807, 2.05) is 0 Å². The minimum atomic E-state index is -0.0117. The summed E-state index contributed by atoms with van der Waals surface area (Å²) in [5.74, 6) is 0.809.